The summed E-state index contributed by atoms with van der Waals surface area (Å²) in [5, 5.41) is 4.80. The lowest BCUT2D eigenvalue weighted by molar-refractivity contribution is -0.115. The Morgan fingerprint density at radius 2 is 1.86 bits per heavy atom. The molecule has 1 fully saturated rings. The van der Waals surface area contributed by atoms with Gasteiger partial charge in [0, 0.05) is 16.0 Å². The summed E-state index contributed by atoms with van der Waals surface area (Å²) in [6.45, 7) is 2.11. The molecule has 1 aliphatic heterocycles. The number of aliphatic imine (C=N–C) groups is 1. The lowest BCUT2D eigenvalue weighted by atomic mass is 10.2. The van der Waals surface area contributed by atoms with Crippen molar-refractivity contribution in [2.75, 3.05) is 0 Å². The van der Waals surface area contributed by atoms with E-state index in [1.165, 1.54) is 29.1 Å². The average molecular weight is 441 g/mol. The summed E-state index contributed by atoms with van der Waals surface area (Å²) < 4.78 is 5.83. The first-order chi connectivity index (χ1) is 14.1. The molecule has 146 valence electrons. The molecule has 0 bridgehead atoms. The maximum absolute atomic E-state index is 12.3. The summed E-state index contributed by atoms with van der Waals surface area (Å²) in [6, 6.07) is 19.3. The Balaban J connectivity index is 1.45. The van der Waals surface area contributed by atoms with E-state index in [0.717, 1.165) is 22.1 Å². The molecule has 7 heteroatoms. The quantitative estimate of drug-likeness (QED) is 0.458. The predicted octanol–water partition coefficient (Wildman–Crippen LogP) is 6.54. The van der Waals surface area contributed by atoms with E-state index in [1.54, 1.807) is 6.08 Å². The third-order valence-electron chi connectivity index (χ3n) is 4.13. The van der Waals surface area contributed by atoms with Crippen LogP contribution in [0, 0.1) is 0 Å². The van der Waals surface area contributed by atoms with E-state index in [4.69, 9.17) is 16.0 Å². The van der Waals surface area contributed by atoms with E-state index in [9.17, 15) is 4.79 Å². The normalized spacial score (nSPS) is 16.6. The van der Waals surface area contributed by atoms with Crippen molar-refractivity contribution in [3.63, 3.8) is 0 Å². The molecule has 0 aliphatic carbocycles. The van der Waals surface area contributed by atoms with E-state index >= 15 is 0 Å². The number of amidine groups is 1. The predicted molar refractivity (Wildman–Crippen MR) is 121 cm³/mol. The summed E-state index contributed by atoms with van der Waals surface area (Å²) in [4.78, 5) is 18.3. The molecule has 0 saturated carbocycles. The van der Waals surface area contributed by atoms with Gasteiger partial charge in [-0.3, -0.25) is 4.79 Å². The fraction of sp³-hybridized carbons (Fsp3) is 0.0909. The highest BCUT2D eigenvalue weighted by molar-refractivity contribution is 8.18. The number of nitrogens with one attached hydrogen (secondary N) is 1. The molecule has 4 nitrogen and oxygen atoms in total. The number of carbonyl (C=O) groups excluding carboxylic acids is 1. The van der Waals surface area contributed by atoms with Crippen molar-refractivity contribution in [3.05, 3.63) is 81.9 Å². The Labute approximate surface area is 182 Å². The summed E-state index contributed by atoms with van der Waals surface area (Å²) in [5.41, 5.74) is 2.06. The number of hydrogen-bond acceptors (Lipinski definition) is 5. The number of carbonyl (C=O) groups is 1. The second-order valence-corrected chi connectivity index (χ2v) is 8.76. The van der Waals surface area contributed by atoms with Crippen molar-refractivity contribution < 1.29 is 9.21 Å². The van der Waals surface area contributed by atoms with Crippen molar-refractivity contribution in [2.24, 2.45) is 4.99 Å². The summed E-state index contributed by atoms with van der Waals surface area (Å²) in [6.07, 6.45) is 2.71. The molecular formula is C22H17ClN2O2S2. The highest BCUT2D eigenvalue weighted by Gasteiger charge is 2.24. The first-order valence-electron chi connectivity index (χ1n) is 9.01. The van der Waals surface area contributed by atoms with Crippen LogP contribution in [0.1, 0.15) is 18.2 Å². The molecule has 0 spiro atoms. The smallest absolute Gasteiger partial charge is 0.264 e. The number of aryl methyl sites for hydroxylation is 1. The van der Waals surface area contributed by atoms with Gasteiger partial charge >= 0.3 is 0 Å². The van der Waals surface area contributed by atoms with Gasteiger partial charge in [-0.25, -0.2) is 4.99 Å². The van der Waals surface area contributed by atoms with E-state index in [1.807, 2.05) is 60.7 Å². The first-order valence-corrected chi connectivity index (χ1v) is 11.0. The highest BCUT2D eigenvalue weighted by atomic mass is 35.5. The van der Waals surface area contributed by atoms with Crippen LogP contribution in [-0.4, -0.2) is 11.1 Å². The molecule has 4 rings (SSSR count). The van der Waals surface area contributed by atoms with Gasteiger partial charge in [0.05, 0.1) is 10.6 Å². The summed E-state index contributed by atoms with van der Waals surface area (Å²) in [7, 11) is 0. The molecule has 1 aliphatic rings. The van der Waals surface area contributed by atoms with Crippen LogP contribution in [0.3, 0.4) is 0 Å². The molecule has 3 aromatic rings. The monoisotopic (exact) mass is 440 g/mol. The Hall–Kier alpha value is -2.41. The fourth-order valence-electron chi connectivity index (χ4n) is 2.62. The van der Waals surface area contributed by atoms with Gasteiger partial charge in [-0.05, 0) is 72.3 Å². The lowest BCUT2D eigenvalue weighted by Crippen LogP contribution is -2.19. The van der Waals surface area contributed by atoms with Crippen LogP contribution in [0.4, 0.5) is 5.69 Å². The van der Waals surface area contributed by atoms with Crippen LogP contribution >= 0.6 is 35.1 Å². The molecule has 2 aromatic carbocycles. The number of benzene rings is 2. The van der Waals surface area contributed by atoms with Crippen LogP contribution in [0.2, 0.25) is 5.02 Å². The topological polar surface area (TPSA) is 54.6 Å². The lowest BCUT2D eigenvalue weighted by Gasteiger charge is -1.98. The van der Waals surface area contributed by atoms with Crippen molar-refractivity contribution in [2.45, 2.75) is 23.3 Å². The van der Waals surface area contributed by atoms with Gasteiger partial charge in [0.15, 0.2) is 10.3 Å². The van der Waals surface area contributed by atoms with Crippen LogP contribution in [0.25, 0.3) is 6.08 Å². The highest BCUT2D eigenvalue weighted by Crippen LogP contribution is 2.32. The number of amides is 1. The minimum Gasteiger partial charge on any atom is -0.450 e. The minimum absolute atomic E-state index is 0.178. The second kappa shape index (κ2) is 8.95. The third kappa shape index (κ3) is 5.15. The maximum atomic E-state index is 12.3. The minimum atomic E-state index is -0.178. The van der Waals surface area contributed by atoms with Crippen molar-refractivity contribution in [1.29, 1.82) is 0 Å². The van der Waals surface area contributed by atoms with Crippen molar-refractivity contribution >= 4 is 58.0 Å². The molecular weight excluding hydrogens is 424 g/mol. The van der Waals surface area contributed by atoms with E-state index in [0.29, 0.717) is 20.9 Å². The van der Waals surface area contributed by atoms with Gasteiger partial charge in [0.25, 0.3) is 5.91 Å². The number of nitrogens with zero attached hydrogens (tertiary/aromatic N) is 1. The Kier molecular flexibility index (Phi) is 6.13. The first kappa shape index (κ1) is 19.9. The number of furan rings is 1. The fourth-order valence-corrected chi connectivity index (χ4v) is 4.35. The number of halogens is 1. The number of rotatable bonds is 5. The maximum Gasteiger partial charge on any atom is 0.264 e. The average Bonchev–Trinajstić information content (AvgIpc) is 3.30. The zero-order chi connectivity index (χ0) is 20.2. The largest absolute Gasteiger partial charge is 0.450 e. The van der Waals surface area contributed by atoms with E-state index < -0.39 is 0 Å². The molecule has 1 amide bonds. The molecule has 1 N–H and O–H groups in total. The van der Waals surface area contributed by atoms with Crippen LogP contribution < -0.4 is 5.32 Å². The zero-order valence-corrected chi connectivity index (χ0v) is 17.9. The zero-order valence-electron chi connectivity index (χ0n) is 15.5. The number of hydrogen-bond donors (Lipinski definition) is 1. The van der Waals surface area contributed by atoms with Crippen molar-refractivity contribution in [1.82, 2.24) is 5.32 Å². The van der Waals surface area contributed by atoms with Gasteiger partial charge in [-0.15, -0.1) is 0 Å². The molecule has 1 aromatic heterocycles. The van der Waals surface area contributed by atoms with Gasteiger partial charge < -0.3 is 9.73 Å². The second-order valence-electron chi connectivity index (χ2n) is 6.21. The molecule has 2 heterocycles. The molecule has 0 radical (unpaired) electrons. The summed E-state index contributed by atoms with van der Waals surface area (Å²) in [5.74, 6) is 0.440. The molecule has 0 atom stereocenters. The van der Waals surface area contributed by atoms with Crippen LogP contribution in [-0.2, 0) is 11.2 Å². The Bertz CT molecular complexity index is 1090. The molecule has 0 unspecified atom stereocenters. The van der Waals surface area contributed by atoms with Crippen LogP contribution in [0.5, 0.6) is 0 Å². The van der Waals surface area contributed by atoms with Crippen LogP contribution in [0.15, 0.2) is 85.0 Å². The molecule has 29 heavy (non-hydrogen) atoms. The summed E-state index contributed by atoms with van der Waals surface area (Å²) >= 11 is 8.71. The third-order valence-corrected chi connectivity index (χ3v) is 6.22. The van der Waals surface area contributed by atoms with E-state index in [-0.39, 0.29) is 5.91 Å². The molecule has 1 saturated heterocycles. The number of thioether (sulfide) groups is 1. The SMILES string of the molecule is CCc1ccc(N=C2NC(=O)/C(=C\c3ccc(Sc4ccc(Cl)cc4)o3)S2)cc1. The van der Waals surface area contributed by atoms with Crippen molar-refractivity contribution in [3.8, 4) is 0 Å². The van der Waals surface area contributed by atoms with Gasteiger partial charge in [0.2, 0.25) is 0 Å². The van der Waals surface area contributed by atoms with Gasteiger partial charge in [-0.2, -0.15) is 0 Å². The Morgan fingerprint density at radius 3 is 2.59 bits per heavy atom. The standard InChI is InChI=1S/C22H17ClN2O2S2/c1-2-14-3-7-16(8-4-14)24-22-25-21(26)19(29-22)13-17-9-12-20(27-17)28-18-10-5-15(23)6-11-18/h3-13H,2H2,1H3,(H,24,25,26)/b19-13+. The van der Waals surface area contributed by atoms with E-state index in [2.05, 4.69) is 17.2 Å². The van der Waals surface area contributed by atoms with Gasteiger partial charge in [-0.1, -0.05) is 42.4 Å². The Morgan fingerprint density at radius 1 is 1.10 bits per heavy atom. The van der Waals surface area contributed by atoms with Gasteiger partial charge in [0.1, 0.15) is 5.76 Å².